The van der Waals surface area contributed by atoms with Gasteiger partial charge in [-0.15, -0.1) is 0 Å². The molecule has 0 aliphatic heterocycles. The summed E-state index contributed by atoms with van der Waals surface area (Å²) in [5, 5.41) is 0. The smallest absolute Gasteiger partial charge is 0.210 e. The molecule has 1 aromatic carbocycles. The molecule has 0 spiro atoms. The predicted molar refractivity (Wildman–Crippen MR) is 52.0 cm³/mol. The monoisotopic (exact) mass is 168 g/mol. The molecule has 2 rings (SSSR count). The Hall–Kier alpha value is -2.01. The molecule has 1 heterocycles. The van der Waals surface area contributed by atoms with Crippen LogP contribution in [-0.2, 0) is 0 Å². The molecule has 0 aliphatic rings. The van der Waals surface area contributed by atoms with Crippen molar-refractivity contribution in [3.8, 4) is 5.69 Å². The first-order valence-electron chi connectivity index (χ1n) is 4.01. The lowest BCUT2D eigenvalue weighted by Gasteiger charge is -2.03. The van der Waals surface area contributed by atoms with Gasteiger partial charge in [-0.1, -0.05) is 18.2 Å². The van der Waals surface area contributed by atoms with Crippen molar-refractivity contribution in [1.82, 2.24) is 4.57 Å². The molecule has 62 valence electrons. The van der Waals surface area contributed by atoms with Gasteiger partial charge in [-0.05, 0) is 18.2 Å². The van der Waals surface area contributed by atoms with Gasteiger partial charge in [0.05, 0.1) is 12.3 Å². The van der Waals surface area contributed by atoms with Gasteiger partial charge in [0.1, 0.15) is 0 Å². The Morgan fingerprint density at radius 2 is 1.69 bits per heavy atom. The summed E-state index contributed by atoms with van der Waals surface area (Å²) in [5.74, 6) is 0. The molecular formula is C11H8N2. The average molecular weight is 168 g/mol. The number of benzene rings is 1. The van der Waals surface area contributed by atoms with Gasteiger partial charge in [0.25, 0.3) is 0 Å². The van der Waals surface area contributed by atoms with Gasteiger partial charge in [-0.2, -0.15) is 0 Å². The van der Waals surface area contributed by atoms with Crippen molar-refractivity contribution in [3.05, 3.63) is 60.2 Å². The van der Waals surface area contributed by atoms with Crippen molar-refractivity contribution in [2.75, 3.05) is 0 Å². The second kappa shape index (κ2) is 3.16. The zero-order chi connectivity index (χ0) is 9.10. The SMILES string of the molecule is [C-]#[N+]c1ccccc1-n1cccc1. The second-order valence-electron chi connectivity index (χ2n) is 2.69. The Kier molecular flexibility index (Phi) is 1.85. The molecular weight excluding hydrogens is 160 g/mol. The number of aromatic nitrogens is 1. The van der Waals surface area contributed by atoms with Crippen LogP contribution >= 0.6 is 0 Å². The summed E-state index contributed by atoms with van der Waals surface area (Å²) < 4.78 is 1.94. The molecule has 0 aliphatic carbocycles. The van der Waals surface area contributed by atoms with Crippen LogP contribution in [0, 0.1) is 6.57 Å². The topological polar surface area (TPSA) is 9.29 Å². The Balaban J connectivity index is 2.59. The second-order valence-corrected chi connectivity index (χ2v) is 2.69. The van der Waals surface area contributed by atoms with Crippen LogP contribution in [0.4, 0.5) is 5.69 Å². The van der Waals surface area contributed by atoms with E-state index in [4.69, 9.17) is 6.57 Å². The van der Waals surface area contributed by atoms with E-state index < -0.39 is 0 Å². The predicted octanol–water partition coefficient (Wildman–Crippen LogP) is 3.03. The number of nitrogens with zero attached hydrogens (tertiary/aromatic N) is 2. The van der Waals surface area contributed by atoms with Crippen LogP contribution in [0.3, 0.4) is 0 Å². The maximum absolute atomic E-state index is 7.00. The molecule has 0 unspecified atom stereocenters. The van der Waals surface area contributed by atoms with Crippen LogP contribution in [0.2, 0.25) is 0 Å². The molecule has 2 aromatic rings. The summed E-state index contributed by atoms with van der Waals surface area (Å²) in [4.78, 5) is 3.46. The van der Waals surface area contributed by atoms with Crippen molar-refractivity contribution in [2.24, 2.45) is 0 Å². The molecule has 0 saturated carbocycles. The van der Waals surface area contributed by atoms with Crippen molar-refractivity contribution in [1.29, 1.82) is 0 Å². The minimum atomic E-state index is 0.679. The van der Waals surface area contributed by atoms with Crippen molar-refractivity contribution < 1.29 is 0 Å². The fourth-order valence-corrected chi connectivity index (χ4v) is 1.27. The Morgan fingerprint density at radius 1 is 1.00 bits per heavy atom. The Morgan fingerprint density at radius 3 is 2.38 bits per heavy atom. The quantitative estimate of drug-likeness (QED) is 0.579. The first-order valence-corrected chi connectivity index (χ1v) is 4.01. The van der Waals surface area contributed by atoms with Crippen LogP contribution in [-0.4, -0.2) is 4.57 Å². The lowest BCUT2D eigenvalue weighted by Crippen LogP contribution is -1.88. The van der Waals surface area contributed by atoms with E-state index >= 15 is 0 Å². The molecule has 2 nitrogen and oxygen atoms in total. The van der Waals surface area contributed by atoms with E-state index in [1.54, 1.807) is 0 Å². The molecule has 0 saturated heterocycles. The van der Waals surface area contributed by atoms with E-state index in [0.717, 1.165) is 5.69 Å². The normalized spacial score (nSPS) is 9.46. The third-order valence-corrected chi connectivity index (χ3v) is 1.88. The minimum Gasteiger partial charge on any atom is -0.334 e. The zero-order valence-corrected chi connectivity index (χ0v) is 7.01. The summed E-state index contributed by atoms with van der Waals surface area (Å²) in [7, 11) is 0. The van der Waals surface area contributed by atoms with Crippen LogP contribution in [0.25, 0.3) is 10.5 Å². The van der Waals surface area contributed by atoms with Gasteiger partial charge in [0, 0.05) is 12.4 Å². The molecule has 13 heavy (non-hydrogen) atoms. The summed E-state index contributed by atoms with van der Waals surface area (Å²) in [6, 6.07) is 11.5. The highest BCUT2D eigenvalue weighted by atomic mass is 15.0. The standard InChI is InChI=1S/C11H8N2/c1-12-10-6-2-3-7-11(10)13-8-4-5-9-13/h2-9H. The summed E-state index contributed by atoms with van der Waals surface area (Å²) in [6.45, 7) is 7.00. The average Bonchev–Trinajstić information content (AvgIpc) is 2.70. The number of para-hydroxylation sites is 2. The van der Waals surface area contributed by atoms with Crippen molar-refractivity contribution >= 4 is 5.69 Å². The van der Waals surface area contributed by atoms with E-state index in [2.05, 4.69) is 4.85 Å². The van der Waals surface area contributed by atoms with E-state index in [1.807, 2.05) is 53.4 Å². The molecule has 0 bridgehead atoms. The lowest BCUT2D eigenvalue weighted by atomic mass is 10.3. The van der Waals surface area contributed by atoms with E-state index in [-0.39, 0.29) is 0 Å². The fraction of sp³-hybridized carbons (Fsp3) is 0. The van der Waals surface area contributed by atoms with Gasteiger partial charge < -0.3 is 4.57 Å². The highest BCUT2D eigenvalue weighted by molar-refractivity contribution is 5.61. The van der Waals surface area contributed by atoms with Crippen molar-refractivity contribution in [2.45, 2.75) is 0 Å². The van der Waals surface area contributed by atoms with Gasteiger partial charge in [-0.3, -0.25) is 0 Å². The first-order chi connectivity index (χ1) is 6.42. The molecule has 0 atom stereocenters. The van der Waals surface area contributed by atoms with E-state index in [0.29, 0.717) is 5.69 Å². The van der Waals surface area contributed by atoms with Gasteiger partial charge in [0.15, 0.2) is 0 Å². The van der Waals surface area contributed by atoms with Crippen LogP contribution < -0.4 is 0 Å². The third-order valence-electron chi connectivity index (χ3n) is 1.88. The summed E-state index contributed by atoms with van der Waals surface area (Å²) in [6.07, 6.45) is 3.87. The van der Waals surface area contributed by atoms with E-state index in [1.165, 1.54) is 0 Å². The maximum Gasteiger partial charge on any atom is 0.210 e. The molecule has 0 fully saturated rings. The summed E-state index contributed by atoms with van der Waals surface area (Å²) >= 11 is 0. The molecule has 1 aromatic heterocycles. The van der Waals surface area contributed by atoms with Gasteiger partial charge in [0.2, 0.25) is 5.69 Å². The molecule has 2 heteroatoms. The van der Waals surface area contributed by atoms with Crippen molar-refractivity contribution in [3.63, 3.8) is 0 Å². The minimum absolute atomic E-state index is 0.679. The highest BCUT2D eigenvalue weighted by Gasteiger charge is 2.00. The summed E-state index contributed by atoms with van der Waals surface area (Å²) in [5.41, 5.74) is 1.61. The first kappa shape index (κ1) is 7.63. The van der Waals surface area contributed by atoms with Crippen LogP contribution in [0.1, 0.15) is 0 Å². The molecule has 0 N–H and O–H groups in total. The number of hydrogen-bond acceptors (Lipinski definition) is 0. The molecule has 0 radical (unpaired) electrons. The maximum atomic E-state index is 7.00. The Bertz CT molecular complexity index is 435. The fourth-order valence-electron chi connectivity index (χ4n) is 1.27. The number of rotatable bonds is 1. The van der Waals surface area contributed by atoms with Crippen LogP contribution in [0.15, 0.2) is 48.8 Å². The number of hydrogen-bond donors (Lipinski definition) is 0. The molecule has 0 amide bonds. The largest absolute Gasteiger partial charge is 0.334 e. The van der Waals surface area contributed by atoms with Gasteiger partial charge in [-0.25, -0.2) is 4.85 Å². The van der Waals surface area contributed by atoms with Crippen LogP contribution in [0.5, 0.6) is 0 Å². The third kappa shape index (κ3) is 1.32. The van der Waals surface area contributed by atoms with Gasteiger partial charge >= 0.3 is 0 Å². The van der Waals surface area contributed by atoms with E-state index in [9.17, 15) is 0 Å². The lowest BCUT2D eigenvalue weighted by molar-refractivity contribution is 1.09. The zero-order valence-electron chi connectivity index (χ0n) is 7.01. The highest BCUT2D eigenvalue weighted by Crippen LogP contribution is 2.22. The Labute approximate surface area is 76.9 Å².